The quantitative estimate of drug-likeness (QED) is 0.793. The first-order valence-electron chi connectivity index (χ1n) is 6.75. The van der Waals surface area contributed by atoms with E-state index in [0.29, 0.717) is 0 Å². The Morgan fingerprint density at radius 2 is 2.00 bits per heavy atom. The Kier molecular flexibility index (Phi) is 5.61. The Balaban J connectivity index is 1.99. The van der Waals surface area contributed by atoms with Crippen LogP contribution in [0.25, 0.3) is 0 Å². The number of nitrogens with zero attached hydrogens (tertiary/aromatic N) is 2. The summed E-state index contributed by atoms with van der Waals surface area (Å²) in [5.41, 5.74) is 2.74. The smallest absolute Gasteiger partial charge is 0.0662 e. The van der Waals surface area contributed by atoms with E-state index in [2.05, 4.69) is 57.5 Å². The van der Waals surface area contributed by atoms with Gasteiger partial charge >= 0.3 is 0 Å². The molecule has 0 radical (unpaired) electrons. The van der Waals surface area contributed by atoms with Gasteiger partial charge in [-0.1, -0.05) is 31.2 Å². The summed E-state index contributed by atoms with van der Waals surface area (Å²) in [6.45, 7) is 5.15. The highest BCUT2D eigenvalue weighted by molar-refractivity contribution is 9.10. The fourth-order valence-corrected chi connectivity index (χ4v) is 2.41. The van der Waals surface area contributed by atoms with Crippen LogP contribution in [-0.4, -0.2) is 22.9 Å². The predicted molar refractivity (Wildman–Crippen MR) is 82.3 cm³/mol. The topological polar surface area (TPSA) is 29.9 Å². The van der Waals surface area contributed by atoms with Crippen LogP contribution in [0.3, 0.4) is 0 Å². The van der Waals surface area contributed by atoms with E-state index in [4.69, 9.17) is 0 Å². The highest BCUT2D eigenvalue weighted by atomic mass is 79.9. The average molecular weight is 322 g/mol. The Bertz CT molecular complexity index is 508. The van der Waals surface area contributed by atoms with E-state index in [1.807, 2.05) is 17.1 Å². The van der Waals surface area contributed by atoms with E-state index >= 15 is 0 Å². The normalized spacial score (nSPS) is 10.8. The van der Waals surface area contributed by atoms with Crippen LogP contribution in [0.15, 0.2) is 41.1 Å². The molecule has 0 aliphatic carbocycles. The molecule has 4 heteroatoms. The molecule has 0 amide bonds. The zero-order valence-electron chi connectivity index (χ0n) is 11.3. The van der Waals surface area contributed by atoms with Crippen molar-refractivity contribution in [3.8, 4) is 0 Å². The van der Waals surface area contributed by atoms with Gasteiger partial charge in [0.25, 0.3) is 0 Å². The molecular formula is C15H20BrN3. The Morgan fingerprint density at radius 1 is 1.21 bits per heavy atom. The average Bonchev–Trinajstić information content (AvgIpc) is 2.82. The van der Waals surface area contributed by atoms with Crippen molar-refractivity contribution in [2.24, 2.45) is 0 Å². The lowest BCUT2D eigenvalue weighted by Gasteiger charge is -2.10. The molecule has 0 bridgehead atoms. The monoisotopic (exact) mass is 321 g/mol. The molecule has 0 saturated carbocycles. The summed E-state index contributed by atoms with van der Waals surface area (Å²) < 4.78 is 2.98. The molecule has 19 heavy (non-hydrogen) atoms. The number of hydrogen-bond donors (Lipinski definition) is 1. The first kappa shape index (κ1) is 14.3. The van der Waals surface area contributed by atoms with Crippen LogP contribution in [0.5, 0.6) is 0 Å². The standard InChI is InChI=1S/C15H20BrN3/c1-2-8-17-9-7-13-5-3-4-6-14(13)11-19-12-15(16)10-18-19/h3-6,10,12,17H,2,7-9,11H2,1H3. The van der Waals surface area contributed by atoms with Gasteiger partial charge in [-0.2, -0.15) is 5.10 Å². The van der Waals surface area contributed by atoms with Crippen LogP contribution in [0.1, 0.15) is 24.5 Å². The van der Waals surface area contributed by atoms with Crippen LogP contribution in [0.2, 0.25) is 0 Å². The molecule has 3 nitrogen and oxygen atoms in total. The van der Waals surface area contributed by atoms with Gasteiger partial charge in [0.2, 0.25) is 0 Å². The van der Waals surface area contributed by atoms with Crippen LogP contribution in [0.4, 0.5) is 0 Å². The first-order valence-corrected chi connectivity index (χ1v) is 7.54. The molecule has 1 aromatic carbocycles. The zero-order valence-corrected chi connectivity index (χ0v) is 12.9. The molecule has 1 N–H and O–H groups in total. The largest absolute Gasteiger partial charge is 0.316 e. The fourth-order valence-electron chi connectivity index (χ4n) is 2.08. The number of halogens is 1. The molecule has 2 rings (SSSR count). The van der Waals surface area contributed by atoms with Gasteiger partial charge < -0.3 is 5.32 Å². The van der Waals surface area contributed by atoms with Gasteiger partial charge in [0.1, 0.15) is 0 Å². The van der Waals surface area contributed by atoms with Gasteiger partial charge in [-0.15, -0.1) is 0 Å². The summed E-state index contributed by atoms with van der Waals surface area (Å²) in [5.74, 6) is 0. The minimum absolute atomic E-state index is 0.829. The number of rotatable bonds is 7. The van der Waals surface area contributed by atoms with Crippen molar-refractivity contribution in [3.05, 3.63) is 52.3 Å². The maximum Gasteiger partial charge on any atom is 0.0662 e. The summed E-state index contributed by atoms with van der Waals surface area (Å²) in [4.78, 5) is 0. The van der Waals surface area contributed by atoms with Crippen molar-refractivity contribution < 1.29 is 0 Å². The van der Waals surface area contributed by atoms with Crippen LogP contribution in [-0.2, 0) is 13.0 Å². The van der Waals surface area contributed by atoms with Crippen molar-refractivity contribution in [3.63, 3.8) is 0 Å². The molecule has 1 heterocycles. The summed E-state index contributed by atoms with van der Waals surface area (Å²) >= 11 is 3.43. The van der Waals surface area contributed by atoms with Crippen molar-refractivity contribution in [1.29, 1.82) is 0 Å². The summed E-state index contributed by atoms with van der Waals surface area (Å²) in [6, 6.07) is 8.60. The van der Waals surface area contributed by atoms with Crippen LogP contribution >= 0.6 is 15.9 Å². The minimum Gasteiger partial charge on any atom is -0.316 e. The third-order valence-electron chi connectivity index (χ3n) is 3.05. The van der Waals surface area contributed by atoms with Gasteiger partial charge in [0, 0.05) is 6.20 Å². The molecule has 0 aliphatic heterocycles. The predicted octanol–water partition coefficient (Wildman–Crippen LogP) is 3.24. The summed E-state index contributed by atoms with van der Waals surface area (Å²) in [6.07, 6.45) is 6.08. The maximum absolute atomic E-state index is 4.32. The molecule has 0 fully saturated rings. The summed E-state index contributed by atoms with van der Waals surface area (Å²) in [7, 11) is 0. The van der Waals surface area contributed by atoms with E-state index < -0.39 is 0 Å². The summed E-state index contributed by atoms with van der Waals surface area (Å²) in [5, 5.41) is 7.76. The molecule has 0 aliphatic rings. The molecule has 102 valence electrons. The number of aromatic nitrogens is 2. The van der Waals surface area contributed by atoms with Gasteiger partial charge in [-0.3, -0.25) is 4.68 Å². The van der Waals surface area contributed by atoms with E-state index in [9.17, 15) is 0 Å². The molecule has 0 spiro atoms. The Labute approximate surface area is 123 Å². The minimum atomic E-state index is 0.829. The van der Waals surface area contributed by atoms with Crippen molar-refractivity contribution in [2.45, 2.75) is 26.3 Å². The van der Waals surface area contributed by atoms with Gasteiger partial charge in [0.15, 0.2) is 0 Å². The number of nitrogens with one attached hydrogen (secondary N) is 1. The van der Waals surface area contributed by atoms with E-state index in [-0.39, 0.29) is 0 Å². The SMILES string of the molecule is CCCNCCc1ccccc1Cn1cc(Br)cn1. The Morgan fingerprint density at radius 3 is 2.68 bits per heavy atom. The lowest BCUT2D eigenvalue weighted by molar-refractivity contribution is 0.655. The van der Waals surface area contributed by atoms with E-state index in [0.717, 1.165) is 30.5 Å². The van der Waals surface area contributed by atoms with E-state index in [1.165, 1.54) is 17.5 Å². The van der Waals surface area contributed by atoms with E-state index in [1.54, 1.807) is 0 Å². The molecule has 0 saturated heterocycles. The van der Waals surface area contributed by atoms with Gasteiger partial charge in [-0.05, 0) is 53.0 Å². The molecule has 2 aromatic rings. The Hall–Kier alpha value is -1.13. The second kappa shape index (κ2) is 7.46. The van der Waals surface area contributed by atoms with Crippen molar-refractivity contribution in [1.82, 2.24) is 15.1 Å². The molecular weight excluding hydrogens is 302 g/mol. The maximum atomic E-state index is 4.32. The number of hydrogen-bond acceptors (Lipinski definition) is 2. The van der Waals surface area contributed by atoms with Gasteiger partial charge in [0.05, 0.1) is 17.2 Å². The second-order valence-electron chi connectivity index (χ2n) is 4.62. The van der Waals surface area contributed by atoms with Crippen LogP contribution in [0, 0.1) is 0 Å². The molecule has 0 atom stereocenters. The lowest BCUT2D eigenvalue weighted by Crippen LogP contribution is -2.18. The van der Waals surface area contributed by atoms with Gasteiger partial charge in [-0.25, -0.2) is 0 Å². The first-order chi connectivity index (χ1) is 9.29. The number of benzene rings is 1. The third kappa shape index (κ3) is 4.48. The molecule has 0 unspecified atom stereocenters. The second-order valence-corrected chi connectivity index (χ2v) is 5.54. The fraction of sp³-hybridized carbons (Fsp3) is 0.400. The zero-order chi connectivity index (χ0) is 13.5. The molecule has 1 aromatic heterocycles. The van der Waals surface area contributed by atoms with Crippen molar-refractivity contribution in [2.75, 3.05) is 13.1 Å². The lowest BCUT2D eigenvalue weighted by atomic mass is 10.0. The third-order valence-corrected chi connectivity index (χ3v) is 3.46. The van der Waals surface area contributed by atoms with Crippen LogP contribution < -0.4 is 5.32 Å². The van der Waals surface area contributed by atoms with Crippen molar-refractivity contribution >= 4 is 15.9 Å². The highest BCUT2D eigenvalue weighted by Gasteiger charge is 2.03. The highest BCUT2D eigenvalue weighted by Crippen LogP contribution is 2.13.